The summed E-state index contributed by atoms with van der Waals surface area (Å²) in [5.41, 5.74) is 6.03. The summed E-state index contributed by atoms with van der Waals surface area (Å²) < 4.78 is 13.5. The molecule has 1 rings (SSSR count). The molecule has 0 aliphatic rings. The van der Waals surface area contributed by atoms with E-state index in [9.17, 15) is 9.18 Å². The highest BCUT2D eigenvalue weighted by Gasteiger charge is 2.17. The zero-order valence-electron chi connectivity index (χ0n) is 9.54. The quantitative estimate of drug-likeness (QED) is 0.898. The number of carbonyl (C=O) groups excluding carboxylic acids is 1. The maximum Gasteiger partial charge on any atom is 0.228 e. The predicted octanol–water partition coefficient (Wildman–Crippen LogP) is 2.93. The van der Waals surface area contributed by atoms with Gasteiger partial charge < -0.3 is 11.1 Å². The largest absolute Gasteiger partial charge is 0.327 e. The van der Waals surface area contributed by atoms with Gasteiger partial charge in [-0.05, 0) is 41.1 Å². The third-order valence-corrected chi connectivity index (χ3v) is 3.03. The first-order valence-electron chi connectivity index (χ1n) is 4.93. The number of rotatable bonds is 3. The van der Waals surface area contributed by atoms with Crippen LogP contribution < -0.4 is 11.1 Å². The smallest absolute Gasteiger partial charge is 0.228 e. The molecule has 0 radical (unpaired) electrons. The summed E-state index contributed by atoms with van der Waals surface area (Å²) in [7, 11) is 0. The van der Waals surface area contributed by atoms with Gasteiger partial charge in [0.15, 0.2) is 0 Å². The van der Waals surface area contributed by atoms with Crippen LogP contribution in [0.25, 0.3) is 0 Å². The average Bonchev–Trinajstić information content (AvgIpc) is 2.22. The van der Waals surface area contributed by atoms with Gasteiger partial charge in [-0.3, -0.25) is 4.79 Å². The van der Waals surface area contributed by atoms with Gasteiger partial charge in [0.1, 0.15) is 5.82 Å². The van der Waals surface area contributed by atoms with E-state index in [1.54, 1.807) is 26.0 Å². The van der Waals surface area contributed by atoms with Crippen molar-refractivity contribution >= 4 is 39.9 Å². The Balaban J connectivity index is 0.00000256. The van der Waals surface area contributed by atoms with E-state index in [0.29, 0.717) is 10.2 Å². The van der Waals surface area contributed by atoms with Crippen molar-refractivity contribution in [3.63, 3.8) is 0 Å². The Kier molecular flexibility index (Phi) is 6.67. The molecule has 1 amide bonds. The summed E-state index contributed by atoms with van der Waals surface area (Å²) in [6.45, 7) is 3.49. The molecule has 17 heavy (non-hydrogen) atoms. The molecule has 2 atom stereocenters. The van der Waals surface area contributed by atoms with Gasteiger partial charge in [0.05, 0.1) is 10.4 Å². The zero-order chi connectivity index (χ0) is 12.3. The van der Waals surface area contributed by atoms with Gasteiger partial charge in [-0.15, -0.1) is 12.4 Å². The standard InChI is InChI=1S/C11H14BrFN2O.ClH/c1-6(7(2)14)11(16)15-8-3-4-9(12)10(13)5-8;/h3-7H,14H2,1-2H3,(H,15,16);1H. The third-order valence-electron chi connectivity index (χ3n) is 2.39. The molecule has 0 saturated carbocycles. The lowest BCUT2D eigenvalue weighted by Gasteiger charge is -2.15. The average molecular weight is 326 g/mol. The van der Waals surface area contributed by atoms with Crippen LogP contribution in [0.2, 0.25) is 0 Å². The SMILES string of the molecule is CC(N)C(C)C(=O)Nc1ccc(Br)c(F)c1.Cl. The van der Waals surface area contributed by atoms with Crippen molar-refractivity contribution in [2.45, 2.75) is 19.9 Å². The minimum Gasteiger partial charge on any atom is -0.327 e. The van der Waals surface area contributed by atoms with Gasteiger partial charge in [-0.2, -0.15) is 0 Å². The summed E-state index contributed by atoms with van der Waals surface area (Å²) >= 11 is 3.04. The van der Waals surface area contributed by atoms with Crippen molar-refractivity contribution in [2.24, 2.45) is 11.7 Å². The Hall–Kier alpha value is -0.650. The van der Waals surface area contributed by atoms with Crippen molar-refractivity contribution in [3.8, 4) is 0 Å². The molecule has 2 unspecified atom stereocenters. The molecule has 6 heteroatoms. The van der Waals surface area contributed by atoms with Gasteiger partial charge in [0, 0.05) is 11.7 Å². The van der Waals surface area contributed by atoms with E-state index in [1.807, 2.05) is 0 Å². The van der Waals surface area contributed by atoms with E-state index in [0.717, 1.165) is 0 Å². The minimum absolute atomic E-state index is 0. The fourth-order valence-corrected chi connectivity index (χ4v) is 1.32. The summed E-state index contributed by atoms with van der Waals surface area (Å²) in [6, 6.07) is 4.19. The van der Waals surface area contributed by atoms with E-state index in [2.05, 4.69) is 21.2 Å². The van der Waals surface area contributed by atoms with Crippen LogP contribution in [0.3, 0.4) is 0 Å². The number of hydrogen-bond acceptors (Lipinski definition) is 2. The van der Waals surface area contributed by atoms with Crippen LogP contribution in [-0.2, 0) is 4.79 Å². The number of anilines is 1. The van der Waals surface area contributed by atoms with E-state index < -0.39 is 5.82 Å². The van der Waals surface area contributed by atoms with Gasteiger partial charge in [-0.1, -0.05) is 6.92 Å². The summed E-state index contributed by atoms with van der Waals surface area (Å²) in [5, 5.41) is 2.61. The molecule has 0 aliphatic heterocycles. The zero-order valence-corrected chi connectivity index (χ0v) is 11.9. The van der Waals surface area contributed by atoms with E-state index >= 15 is 0 Å². The first kappa shape index (κ1) is 16.4. The number of nitrogens with two attached hydrogens (primary N) is 1. The highest BCUT2D eigenvalue weighted by Crippen LogP contribution is 2.19. The molecule has 0 heterocycles. The van der Waals surface area contributed by atoms with Crippen LogP contribution in [0, 0.1) is 11.7 Å². The van der Waals surface area contributed by atoms with E-state index in [-0.39, 0.29) is 30.3 Å². The fourth-order valence-electron chi connectivity index (χ4n) is 1.07. The summed E-state index contributed by atoms with van der Waals surface area (Å²) in [4.78, 5) is 11.6. The second-order valence-electron chi connectivity index (χ2n) is 3.77. The van der Waals surface area contributed by atoms with Gasteiger partial charge in [0.2, 0.25) is 5.91 Å². The predicted molar refractivity (Wildman–Crippen MR) is 72.8 cm³/mol. The first-order chi connectivity index (χ1) is 7.41. The molecule has 3 nitrogen and oxygen atoms in total. The molecule has 0 aliphatic carbocycles. The summed E-state index contributed by atoms with van der Waals surface area (Å²) in [6.07, 6.45) is 0. The topological polar surface area (TPSA) is 55.1 Å². The Bertz CT molecular complexity index is 401. The Morgan fingerprint density at radius 2 is 2.06 bits per heavy atom. The minimum atomic E-state index is -0.411. The lowest BCUT2D eigenvalue weighted by molar-refractivity contribution is -0.119. The molecule has 1 aromatic carbocycles. The molecular weight excluding hydrogens is 310 g/mol. The van der Waals surface area contributed by atoms with Crippen molar-refractivity contribution in [1.29, 1.82) is 0 Å². The van der Waals surface area contributed by atoms with Crippen molar-refractivity contribution in [1.82, 2.24) is 0 Å². The molecular formula is C11H15BrClFN2O. The van der Waals surface area contributed by atoms with Crippen LogP contribution in [0.15, 0.2) is 22.7 Å². The van der Waals surface area contributed by atoms with Gasteiger partial charge >= 0.3 is 0 Å². The maximum atomic E-state index is 13.2. The van der Waals surface area contributed by atoms with Crippen LogP contribution in [-0.4, -0.2) is 11.9 Å². The number of amides is 1. The Morgan fingerprint density at radius 3 is 2.53 bits per heavy atom. The molecule has 3 N–H and O–H groups in total. The Morgan fingerprint density at radius 1 is 1.47 bits per heavy atom. The number of benzene rings is 1. The van der Waals surface area contributed by atoms with Crippen LogP contribution in [0.5, 0.6) is 0 Å². The number of nitrogens with one attached hydrogen (secondary N) is 1. The number of carbonyl (C=O) groups is 1. The number of halogens is 3. The highest BCUT2D eigenvalue weighted by molar-refractivity contribution is 9.10. The third kappa shape index (κ3) is 4.61. The molecule has 0 bridgehead atoms. The van der Waals surface area contributed by atoms with E-state index in [1.165, 1.54) is 6.07 Å². The van der Waals surface area contributed by atoms with Crippen LogP contribution in [0.4, 0.5) is 10.1 Å². The van der Waals surface area contributed by atoms with Crippen molar-refractivity contribution in [3.05, 3.63) is 28.5 Å². The molecule has 1 aromatic rings. The molecule has 0 spiro atoms. The monoisotopic (exact) mass is 324 g/mol. The normalized spacial score (nSPS) is 13.5. The molecule has 0 saturated heterocycles. The van der Waals surface area contributed by atoms with Crippen LogP contribution >= 0.6 is 28.3 Å². The second kappa shape index (κ2) is 6.93. The van der Waals surface area contributed by atoms with E-state index in [4.69, 9.17) is 5.73 Å². The van der Waals surface area contributed by atoms with Gasteiger partial charge in [0.25, 0.3) is 0 Å². The second-order valence-corrected chi connectivity index (χ2v) is 4.62. The Labute approximate surface area is 114 Å². The van der Waals surface area contributed by atoms with Crippen molar-refractivity contribution < 1.29 is 9.18 Å². The first-order valence-corrected chi connectivity index (χ1v) is 5.72. The van der Waals surface area contributed by atoms with Gasteiger partial charge in [-0.25, -0.2) is 4.39 Å². The molecule has 0 aromatic heterocycles. The van der Waals surface area contributed by atoms with Crippen molar-refractivity contribution in [2.75, 3.05) is 5.32 Å². The number of hydrogen-bond donors (Lipinski definition) is 2. The lowest BCUT2D eigenvalue weighted by atomic mass is 10.0. The highest BCUT2D eigenvalue weighted by atomic mass is 79.9. The fraction of sp³-hybridized carbons (Fsp3) is 0.364. The summed E-state index contributed by atoms with van der Waals surface area (Å²) in [5.74, 6) is -0.935. The lowest BCUT2D eigenvalue weighted by Crippen LogP contribution is -2.34. The maximum absolute atomic E-state index is 13.2. The van der Waals surface area contributed by atoms with Crippen LogP contribution in [0.1, 0.15) is 13.8 Å². The molecule has 0 fully saturated rings. The molecule has 96 valence electrons.